The van der Waals surface area contributed by atoms with Gasteiger partial charge in [0.1, 0.15) is 0 Å². The smallest absolute Gasteiger partial charge is 0.185 e. The molecule has 5 N–H and O–H groups in total. The molecule has 0 amide bonds. The second-order valence-electron chi connectivity index (χ2n) is 1.45. The first-order chi connectivity index (χ1) is 4.22. The molecule has 0 aromatic carbocycles. The Morgan fingerprint density at radius 3 is 2.56 bits per heavy atom. The van der Waals surface area contributed by atoms with E-state index in [1.54, 1.807) is 0 Å². The molecule has 4 heteroatoms. The van der Waals surface area contributed by atoms with Gasteiger partial charge in [-0.3, -0.25) is 4.79 Å². The highest BCUT2D eigenvalue weighted by Gasteiger charge is 1.99. The summed E-state index contributed by atoms with van der Waals surface area (Å²) < 4.78 is 0. The number of nitrogens with two attached hydrogens (primary N) is 2. The lowest BCUT2D eigenvalue weighted by molar-refractivity contribution is -0.114. The van der Waals surface area contributed by atoms with Gasteiger partial charge in [-0.1, -0.05) is 0 Å². The van der Waals surface area contributed by atoms with Crippen molar-refractivity contribution in [3.63, 3.8) is 0 Å². The van der Waals surface area contributed by atoms with Crippen LogP contribution in [0.15, 0.2) is 11.9 Å². The lowest BCUT2D eigenvalue weighted by atomic mass is 10.2. The third-order valence-electron chi connectivity index (χ3n) is 0.789. The summed E-state index contributed by atoms with van der Waals surface area (Å²) in [7, 11) is 0. The third-order valence-corrected chi connectivity index (χ3v) is 0.789. The summed E-state index contributed by atoms with van der Waals surface area (Å²) in [4.78, 5) is 10.5. The van der Waals surface area contributed by atoms with Gasteiger partial charge in [0, 0.05) is 18.8 Å². The number of carbonyl (C=O) groups excluding carboxylic acids is 1. The number of rotatable bonds is 3. The molecule has 0 aliphatic carbocycles. The van der Waals surface area contributed by atoms with Crippen molar-refractivity contribution < 1.29 is 4.79 Å². The average Bonchev–Trinajstić information content (AvgIpc) is 1.87. The molecule has 0 spiro atoms. The number of carbonyl (C=O) groups is 1. The summed E-state index contributed by atoms with van der Waals surface area (Å²) in [5, 5.41) is 6.53. The molecule has 0 unspecified atom stereocenters. The summed E-state index contributed by atoms with van der Waals surface area (Å²) >= 11 is 0. The normalized spacial score (nSPS) is 10.9. The molecular weight excluding hydrogens is 118 g/mol. The molecule has 0 bridgehead atoms. The van der Waals surface area contributed by atoms with E-state index >= 15 is 0 Å². The maximum absolute atomic E-state index is 10.5. The number of hydrogen-bond acceptors (Lipinski definition) is 4. The van der Waals surface area contributed by atoms with E-state index < -0.39 is 0 Å². The van der Waals surface area contributed by atoms with Crippen LogP contribution in [0.4, 0.5) is 0 Å². The molecule has 0 aliphatic heterocycles. The fraction of sp³-hybridized carbons (Fsp3) is 0.200. The average molecular weight is 127 g/mol. The van der Waals surface area contributed by atoms with Gasteiger partial charge < -0.3 is 16.9 Å². The van der Waals surface area contributed by atoms with Crippen LogP contribution in [0.25, 0.3) is 0 Å². The van der Waals surface area contributed by atoms with Crippen molar-refractivity contribution in [1.82, 2.24) is 0 Å². The Kier molecular flexibility index (Phi) is 3.12. The van der Waals surface area contributed by atoms with Gasteiger partial charge in [-0.15, -0.1) is 0 Å². The van der Waals surface area contributed by atoms with E-state index in [-0.39, 0.29) is 17.9 Å². The van der Waals surface area contributed by atoms with E-state index in [4.69, 9.17) is 16.9 Å². The third kappa shape index (κ3) is 2.48. The van der Waals surface area contributed by atoms with Crippen molar-refractivity contribution in [3.8, 4) is 0 Å². The molecule has 0 rings (SSSR count). The van der Waals surface area contributed by atoms with Crippen LogP contribution >= 0.6 is 0 Å². The quantitative estimate of drug-likeness (QED) is 0.347. The van der Waals surface area contributed by atoms with Crippen molar-refractivity contribution in [2.45, 2.75) is 6.42 Å². The lowest BCUT2D eigenvalue weighted by Crippen LogP contribution is -2.12. The molecule has 0 saturated heterocycles. The van der Waals surface area contributed by atoms with Crippen LogP contribution in [0, 0.1) is 5.41 Å². The predicted molar refractivity (Wildman–Crippen MR) is 34.9 cm³/mol. The number of allylic oxidation sites excluding steroid dienone is 1. The van der Waals surface area contributed by atoms with Gasteiger partial charge in [-0.2, -0.15) is 0 Å². The molecular formula is C5H9N3O. The van der Waals surface area contributed by atoms with Crippen molar-refractivity contribution in [3.05, 3.63) is 11.9 Å². The number of Topliss-reactive ketones (excluding diaryl/α,β-unsaturated/α-hetero) is 1. The highest BCUT2D eigenvalue weighted by Crippen LogP contribution is 1.86. The van der Waals surface area contributed by atoms with Crippen LogP contribution in [0.5, 0.6) is 0 Å². The van der Waals surface area contributed by atoms with Gasteiger partial charge in [0.15, 0.2) is 5.78 Å². The molecule has 0 fully saturated rings. The van der Waals surface area contributed by atoms with Crippen LogP contribution in [0.3, 0.4) is 0 Å². The molecule has 0 atom stereocenters. The van der Waals surface area contributed by atoms with Crippen molar-refractivity contribution in [1.29, 1.82) is 5.41 Å². The summed E-state index contributed by atoms with van der Waals surface area (Å²) in [5.41, 5.74) is 10.0. The summed E-state index contributed by atoms with van der Waals surface area (Å²) in [6.07, 6.45) is 2.05. The van der Waals surface area contributed by atoms with Crippen molar-refractivity contribution >= 4 is 12.0 Å². The molecule has 4 nitrogen and oxygen atoms in total. The standard InChI is InChI=1S/C5H9N3O/c6-2-1-5(9)4(8)3-7/h2-3,6H,1,7-8H2/b4-3+,6-2?. The summed E-state index contributed by atoms with van der Waals surface area (Å²) in [5.74, 6) is -0.312. The fourth-order valence-electron chi connectivity index (χ4n) is 0.303. The van der Waals surface area contributed by atoms with E-state index in [1.807, 2.05) is 0 Å². The van der Waals surface area contributed by atoms with E-state index in [2.05, 4.69) is 0 Å². The van der Waals surface area contributed by atoms with Crippen LogP contribution in [0.1, 0.15) is 6.42 Å². The van der Waals surface area contributed by atoms with Crippen LogP contribution in [0.2, 0.25) is 0 Å². The van der Waals surface area contributed by atoms with Crippen LogP contribution in [-0.2, 0) is 4.79 Å². The highest BCUT2D eigenvalue weighted by molar-refractivity contribution is 6.01. The largest absolute Gasteiger partial charge is 0.403 e. The van der Waals surface area contributed by atoms with Gasteiger partial charge >= 0.3 is 0 Å². The molecule has 0 radical (unpaired) electrons. The predicted octanol–water partition coefficient (Wildman–Crippen LogP) is -0.646. The van der Waals surface area contributed by atoms with Crippen molar-refractivity contribution in [2.75, 3.05) is 0 Å². The summed E-state index contributed by atoms with van der Waals surface area (Å²) in [6.45, 7) is 0. The monoisotopic (exact) mass is 127 g/mol. The zero-order valence-corrected chi connectivity index (χ0v) is 4.92. The second kappa shape index (κ2) is 3.65. The first-order valence-corrected chi connectivity index (χ1v) is 2.42. The Morgan fingerprint density at radius 1 is 1.67 bits per heavy atom. The highest BCUT2D eigenvalue weighted by atomic mass is 16.1. The van der Waals surface area contributed by atoms with Gasteiger partial charge in [-0.25, -0.2) is 0 Å². The molecule has 50 valence electrons. The maximum Gasteiger partial charge on any atom is 0.185 e. The minimum Gasteiger partial charge on any atom is -0.403 e. The Morgan fingerprint density at radius 2 is 2.22 bits per heavy atom. The number of hydrogen-bond donors (Lipinski definition) is 3. The Labute approximate surface area is 53.0 Å². The van der Waals surface area contributed by atoms with E-state index in [9.17, 15) is 4.79 Å². The van der Waals surface area contributed by atoms with Gasteiger partial charge in [-0.05, 0) is 0 Å². The lowest BCUT2D eigenvalue weighted by Gasteiger charge is -1.91. The topological polar surface area (TPSA) is 93.0 Å². The Hall–Kier alpha value is -1.32. The Balaban J connectivity index is 3.88. The number of ketones is 1. The minimum atomic E-state index is -0.312. The molecule has 9 heavy (non-hydrogen) atoms. The van der Waals surface area contributed by atoms with Crippen LogP contribution < -0.4 is 11.5 Å². The van der Waals surface area contributed by atoms with E-state index in [0.29, 0.717) is 0 Å². The van der Waals surface area contributed by atoms with E-state index in [0.717, 1.165) is 12.4 Å². The number of nitrogens with one attached hydrogen (secondary N) is 1. The fourth-order valence-corrected chi connectivity index (χ4v) is 0.303. The van der Waals surface area contributed by atoms with Gasteiger partial charge in [0.25, 0.3) is 0 Å². The zero-order valence-electron chi connectivity index (χ0n) is 4.92. The minimum absolute atomic E-state index is 0.0125. The maximum atomic E-state index is 10.5. The zero-order chi connectivity index (χ0) is 7.28. The molecule has 0 aromatic heterocycles. The first-order valence-electron chi connectivity index (χ1n) is 2.42. The summed E-state index contributed by atoms with van der Waals surface area (Å²) in [6, 6.07) is 0. The van der Waals surface area contributed by atoms with Crippen molar-refractivity contribution in [2.24, 2.45) is 11.5 Å². The molecule has 0 saturated carbocycles. The second-order valence-corrected chi connectivity index (χ2v) is 1.45. The van der Waals surface area contributed by atoms with E-state index in [1.165, 1.54) is 0 Å². The molecule has 0 aliphatic rings. The Bertz CT molecular complexity index is 150. The van der Waals surface area contributed by atoms with Gasteiger partial charge in [0.05, 0.1) is 5.70 Å². The molecule has 0 heterocycles. The SMILES string of the molecule is N=CCC(=O)/C(N)=C\N. The molecule has 0 aromatic rings. The van der Waals surface area contributed by atoms with Gasteiger partial charge in [0.2, 0.25) is 0 Å². The van der Waals surface area contributed by atoms with Crippen LogP contribution in [-0.4, -0.2) is 12.0 Å². The first kappa shape index (κ1) is 7.68.